The van der Waals surface area contributed by atoms with Crippen molar-refractivity contribution in [2.24, 2.45) is 11.1 Å². The lowest BCUT2D eigenvalue weighted by Crippen LogP contribution is -2.30. The van der Waals surface area contributed by atoms with Crippen LogP contribution in [0, 0.1) is 12.3 Å². The van der Waals surface area contributed by atoms with E-state index in [1.54, 1.807) is 0 Å². The molecule has 0 fully saturated rings. The van der Waals surface area contributed by atoms with Gasteiger partial charge in [0.2, 0.25) is 0 Å². The minimum Gasteiger partial charge on any atom is -0.324 e. The molecule has 100 valence electrons. The zero-order valence-corrected chi connectivity index (χ0v) is 11.9. The first-order chi connectivity index (χ1) is 8.96. The van der Waals surface area contributed by atoms with Crippen molar-refractivity contribution in [1.29, 1.82) is 0 Å². The molecule has 2 aromatic rings. The van der Waals surface area contributed by atoms with Crippen molar-refractivity contribution >= 4 is 0 Å². The minimum atomic E-state index is 0.143. The molecule has 2 heterocycles. The molecule has 0 amide bonds. The number of nitrogens with zero attached hydrogens (tertiary/aromatic N) is 2. The van der Waals surface area contributed by atoms with E-state index < -0.39 is 0 Å². The lowest BCUT2D eigenvalue weighted by Gasteiger charge is -2.34. The molecule has 0 saturated carbocycles. The number of aryl methyl sites for hydroxylation is 1. The molecule has 0 bridgehead atoms. The second-order valence-corrected chi connectivity index (χ2v) is 6.43. The summed E-state index contributed by atoms with van der Waals surface area (Å²) >= 11 is 0. The fraction of sp³-hybridized carbons (Fsp3) is 0.438. The topological polar surface area (TPSA) is 43.8 Å². The van der Waals surface area contributed by atoms with E-state index in [-0.39, 0.29) is 11.5 Å². The molecule has 2 aromatic heterocycles. The Morgan fingerprint density at radius 1 is 1.37 bits per heavy atom. The Morgan fingerprint density at radius 2 is 2.16 bits per heavy atom. The van der Waals surface area contributed by atoms with E-state index >= 15 is 0 Å². The van der Waals surface area contributed by atoms with E-state index in [1.807, 2.05) is 12.3 Å². The quantitative estimate of drug-likeness (QED) is 0.850. The van der Waals surface area contributed by atoms with E-state index in [0.717, 1.165) is 18.7 Å². The van der Waals surface area contributed by atoms with Crippen molar-refractivity contribution in [2.45, 2.75) is 39.7 Å². The lowest BCUT2D eigenvalue weighted by atomic mass is 9.74. The highest BCUT2D eigenvalue weighted by Gasteiger charge is 2.32. The van der Waals surface area contributed by atoms with E-state index in [2.05, 4.69) is 48.7 Å². The number of pyridine rings is 1. The second kappa shape index (κ2) is 4.20. The largest absolute Gasteiger partial charge is 0.324 e. The van der Waals surface area contributed by atoms with Crippen molar-refractivity contribution in [2.75, 3.05) is 0 Å². The average Bonchev–Trinajstić information content (AvgIpc) is 2.71. The maximum atomic E-state index is 6.31. The van der Waals surface area contributed by atoms with Gasteiger partial charge in [-0.3, -0.25) is 0 Å². The molecule has 19 heavy (non-hydrogen) atoms. The summed E-state index contributed by atoms with van der Waals surface area (Å²) in [6, 6.07) is 6.44. The van der Waals surface area contributed by atoms with Gasteiger partial charge in [0.1, 0.15) is 5.82 Å². The molecule has 1 aliphatic rings. The summed E-state index contributed by atoms with van der Waals surface area (Å²) in [5, 5.41) is 0. The van der Waals surface area contributed by atoms with Gasteiger partial charge in [-0.15, -0.1) is 0 Å². The van der Waals surface area contributed by atoms with Crippen LogP contribution in [0.15, 0.2) is 30.6 Å². The van der Waals surface area contributed by atoms with Gasteiger partial charge in [0, 0.05) is 24.1 Å². The van der Waals surface area contributed by atoms with Crippen LogP contribution < -0.4 is 5.73 Å². The molecule has 3 heteroatoms. The summed E-state index contributed by atoms with van der Waals surface area (Å²) in [4.78, 5) is 4.49. The molecule has 0 aliphatic heterocycles. The molecule has 3 nitrogen and oxygen atoms in total. The number of rotatable bonds is 1. The zero-order chi connectivity index (χ0) is 13.6. The normalized spacial score (nSPS) is 21.2. The van der Waals surface area contributed by atoms with Crippen molar-refractivity contribution in [3.63, 3.8) is 0 Å². The molecule has 1 atom stereocenters. The fourth-order valence-electron chi connectivity index (χ4n) is 3.10. The van der Waals surface area contributed by atoms with Crippen LogP contribution in [0.3, 0.4) is 0 Å². The van der Waals surface area contributed by atoms with Crippen molar-refractivity contribution < 1.29 is 0 Å². The molecular weight excluding hydrogens is 234 g/mol. The van der Waals surface area contributed by atoms with E-state index in [4.69, 9.17) is 5.73 Å². The van der Waals surface area contributed by atoms with Gasteiger partial charge >= 0.3 is 0 Å². The Kier molecular flexibility index (Phi) is 2.75. The average molecular weight is 255 g/mol. The fourth-order valence-corrected chi connectivity index (χ4v) is 3.10. The summed E-state index contributed by atoms with van der Waals surface area (Å²) in [6.45, 7) is 6.67. The molecule has 1 aliphatic carbocycles. The zero-order valence-electron chi connectivity index (χ0n) is 11.9. The maximum absolute atomic E-state index is 6.31. The molecule has 0 spiro atoms. The van der Waals surface area contributed by atoms with Gasteiger partial charge in [0.25, 0.3) is 0 Å². The molecule has 0 radical (unpaired) electrons. The third-order valence-electron chi connectivity index (χ3n) is 3.99. The van der Waals surface area contributed by atoms with Crippen molar-refractivity contribution in [3.05, 3.63) is 47.4 Å². The van der Waals surface area contributed by atoms with E-state index in [0.29, 0.717) is 0 Å². The predicted molar refractivity (Wildman–Crippen MR) is 77.3 cm³/mol. The highest BCUT2D eigenvalue weighted by Crippen LogP contribution is 2.40. The number of nitrogens with two attached hydrogens (primary N) is 1. The first-order valence-electron chi connectivity index (χ1n) is 6.85. The molecule has 3 rings (SSSR count). The van der Waals surface area contributed by atoms with E-state index in [1.165, 1.54) is 16.8 Å². The summed E-state index contributed by atoms with van der Waals surface area (Å²) in [7, 11) is 0. The highest BCUT2D eigenvalue weighted by atomic mass is 15.1. The van der Waals surface area contributed by atoms with Crippen LogP contribution in [0.1, 0.15) is 43.1 Å². The molecule has 0 saturated heterocycles. The highest BCUT2D eigenvalue weighted by molar-refractivity contribution is 5.38. The molecule has 1 unspecified atom stereocenters. The van der Waals surface area contributed by atoms with Gasteiger partial charge in [0.05, 0.1) is 0 Å². The van der Waals surface area contributed by atoms with Crippen LogP contribution in [0.25, 0.3) is 5.82 Å². The van der Waals surface area contributed by atoms with Crippen LogP contribution in [-0.4, -0.2) is 9.55 Å². The number of aromatic nitrogens is 2. The van der Waals surface area contributed by atoms with Crippen LogP contribution in [0.4, 0.5) is 0 Å². The Morgan fingerprint density at radius 3 is 2.89 bits per heavy atom. The van der Waals surface area contributed by atoms with Gasteiger partial charge in [-0.1, -0.05) is 13.8 Å². The van der Waals surface area contributed by atoms with Gasteiger partial charge in [0.15, 0.2) is 0 Å². The Hall–Kier alpha value is -1.61. The van der Waals surface area contributed by atoms with Crippen LogP contribution in [0.5, 0.6) is 0 Å². The first kappa shape index (κ1) is 12.4. The molecule has 0 aromatic carbocycles. The van der Waals surface area contributed by atoms with Crippen LogP contribution >= 0.6 is 0 Å². The molecule has 2 N–H and O–H groups in total. The third-order valence-corrected chi connectivity index (χ3v) is 3.99. The lowest BCUT2D eigenvalue weighted by molar-refractivity contribution is 0.278. The summed E-state index contributed by atoms with van der Waals surface area (Å²) in [6.07, 6.45) is 6.07. The van der Waals surface area contributed by atoms with Crippen LogP contribution in [-0.2, 0) is 6.42 Å². The first-order valence-corrected chi connectivity index (χ1v) is 6.85. The minimum absolute atomic E-state index is 0.143. The number of hydrogen-bond acceptors (Lipinski definition) is 2. The Bertz CT molecular complexity index is 610. The van der Waals surface area contributed by atoms with E-state index in [9.17, 15) is 0 Å². The summed E-state index contributed by atoms with van der Waals surface area (Å²) in [5.74, 6) is 0.992. The van der Waals surface area contributed by atoms with Crippen molar-refractivity contribution in [3.8, 4) is 5.82 Å². The Balaban J connectivity index is 2.11. The van der Waals surface area contributed by atoms with Gasteiger partial charge in [-0.05, 0) is 54.5 Å². The summed E-state index contributed by atoms with van der Waals surface area (Å²) < 4.78 is 2.20. The monoisotopic (exact) mass is 255 g/mol. The predicted octanol–water partition coefficient (Wildman–Crippen LogP) is 3.15. The van der Waals surface area contributed by atoms with Crippen molar-refractivity contribution in [1.82, 2.24) is 9.55 Å². The van der Waals surface area contributed by atoms with Crippen LogP contribution in [0.2, 0.25) is 0 Å². The van der Waals surface area contributed by atoms with Gasteiger partial charge < -0.3 is 10.3 Å². The maximum Gasteiger partial charge on any atom is 0.137 e. The number of hydrogen-bond donors (Lipinski definition) is 1. The standard InChI is InChI=1S/C16H21N3/c1-11-4-6-18-15(8-11)19-7-5-12-13(17)9-16(2,3)10-14(12)19/h4-8,13H,9-10,17H2,1-3H3. The van der Waals surface area contributed by atoms with Gasteiger partial charge in [-0.25, -0.2) is 4.98 Å². The SMILES string of the molecule is Cc1ccnc(-n2ccc3c2CC(C)(C)CC3N)c1. The third kappa shape index (κ3) is 2.19. The number of fused-ring (bicyclic) bond motifs is 1. The summed E-state index contributed by atoms with van der Waals surface area (Å²) in [5.41, 5.74) is 10.4. The second-order valence-electron chi connectivity index (χ2n) is 6.43. The molecular formula is C16H21N3. The smallest absolute Gasteiger partial charge is 0.137 e. The Labute approximate surface area is 114 Å². The van der Waals surface area contributed by atoms with Gasteiger partial charge in [-0.2, -0.15) is 0 Å².